The second kappa shape index (κ2) is 10.2. The minimum absolute atomic E-state index is 0.650. The molecule has 0 spiro atoms. The first kappa shape index (κ1) is 26.2. The molecule has 218 valence electrons. The maximum absolute atomic E-state index is 5.22. The third-order valence-corrected chi connectivity index (χ3v) is 10.4. The minimum Gasteiger partial charge on any atom is -0.264 e. The van der Waals surface area contributed by atoms with Crippen molar-refractivity contribution in [2.45, 2.75) is 0 Å². The Morgan fingerprint density at radius 3 is 1.91 bits per heavy atom. The molecule has 0 saturated heterocycles. The van der Waals surface area contributed by atoms with Crippen molar-refractivity contribution in [1.29, 1.82) is 0 Å². The van der Waals surface area contributed by atoms with Gasteiger partial charge in [0.15, 0.2) is 17.5 Å². The van der Waals surface area contributed by atoms with Crippen LogP contribution in [-0.2, 0) is 0 Å². The van der Waals surface area contributed by atoms with E-state index in [1.807, 2.05) is 12.4 Å². The van der Waals surface area contributed by atoms with Crippen LogP contribution < -0.4 is 0 Å². The van der Waals surface area contributed by atoms with Crippen LogP contribution in [-0.4, -0.2) is 19.9 Å². The molecule has 0 fully saturated rings. The van der Waals surface area contributed by atoms with Crippen molar-refractivity contribution in [3.8, 4) is 34.2 Å². The molecule has 10 rings (SSSR count). The average molecular weight is 617 g/mol. The van der Waals surface area contributed by atoms with Crippen molar-refractivity contribution in [3.63, 3.8) is 0 Å². The molecule has 47 heavy (non-hydrogen) atoms. The Labute approximate surface area is 273 Å². The summed E-state index contributed by atoms with van der Waals surface area (Å²) >= 11 is 1.81. The summed E-state index contributed by atoms with van der Waals surface area (Å²) in [6.07, 6.45) is 3.83. The molecular weight excluding hydrogens is 593 g/mol. The first-order chi connectivity index (χ1) is 23.3. The van der Waals surface area contributed by atoms with Crippen molar-refractivity contribution in [2.75, 3.05) is 0 Å². The summed E-state index contributed by atoms with van der Waals surface area (Å²) in [5.74, 6) is 1.96. The third kappa shape index (κ3) is 4.21. The van der Waals surface area contributed by atoms with Crippen LogP contribution in [0.25, 0.3) is 97.4 Å². The largest absolute Gasteiger partial charge is 0.264 e. The van der Waals surface area contributed by atoms with Gasteiger partial charge in [0.25, 0.3) is 0 Å². The summed E-state index contributed by atoms with van der Waals surface area (Å²) in [5.41, 5.74) is 2.90. The number of aromatic nitrogens is 4. The van der Waals surface area contributed by atoms with Gasteiger partial charge in [-0.1, -0.05) is 109 Å². The molecular formula is C42H24N4S. The number of hydrogen-bond donors (Lipinski definition) is 0. The van der Waals surface area contributed by atoms with E-state index in [4.69, 9.17) is 15.0 Å². The number of pyridine rings is 1. The van der Waals surface area contributed by atoms with Crippen molar-refractivity contribution in [3.05, 3.63) is 146 Å². The topological polar surface area (TPSA) is 51.6 Å². The fourth-order valence-electron chi connectivity index (χ4n) is 6.86. The Hall–Kier alpha value is -6.04. The Bertz CT molecular complexity index is 2870. The van der Waals surface area contributed by atoms with Crippen LogP contribution in [0.3, 0.4) is 0 Å². The van der Waals surface area contributed by atoms with Gasteiger partial charge >= 0.3 is 0 Å². The molecule has 0 aliphatic carbocycles. The molecule has 3 heterocycles. The third-order valence-electron chi connectivity index (χ3n) is 9.17. The lowest BCUT2D eigenvalue weighted by Crippen LogP contribution is -2.01. The van der Waals surface area contributed by atoms with Gasteiger partial charge < -0.3 is 0 Å². The normalized spacial score (nSPS) is 11.8. The quantitative estimate of drug-likeness (QED) is 0.185. The highest BCUT2D eigenvalue weighted by atomic mass is 32.1. The minimum atomic E-state index is 0.650. The Kier molecular flexibility index (Phi) is 5.71. The Morgan fingerprint density at radius 2 is 1.06 bits per heavy atom. The van der Waals surface area contributed by atoms with E-state index in [1.165, 1.54) is 47.1 Å². The zero-order valence-corrected chi connectivity index (χ0v) is 25.9. The molecule has 4 nitrogen and oxygen atoms in total. The zero-order valence-electron chi connectivity index (χ0n) is 25.1. The predicted octanol–water partition coefficient (Wildman–Crippen LogP) is 11.2. The first-order valence-electron chi connectivity index (χ1n) is 15.6. The van der Waals surface area contributed by atoms with Crippen LogP contribution >= 0.6 is 11.3 Å². The number of hydrogen-bond acceptors (Lipinski definition) is 5. The highest BCUT2D eigenvalue weighted by Crippen LogP contribution is 2.40. The van der Waals surface area contributed by atoms with E-state index in [-0.39, 0.29) is 0 Å². The van der Waals surface area contributed by atoms with Crippen molar-refractivity contribution in [2.24, 2.45) is 0 Å². The van der Waals surface area contributed by atoms with Crippen molar-refractivity contribution < 1.29 is 0 Å². The first-order valence-corrected chi connectivity index (χ1v) is 16.4. The molecule has 0 saturated carbocycles. The number of fused-ring (bicyclic) bond motifs is 9. The van der Waals surface area contributed by atoms with Gasteiger partial charge in [0.05, 0.1) is 0 Å². The molecule has 0 aliphatic heterocycles. The molecule has 0 aliphatic rings. The summed E-state index contributed by atoms with van der Waals surface area (Å²) in [5, 5.41) is 11.8. The second-order valence-corrected chi connectivity index (χ2v) is 13.0. The van der Waals surface area contributed by atoms with E-state index in [9.17, 15) is 0 Å². The van der Waals surface area contributed by atoms with Crippen molar-refractivity contribution in [1.82, 2.24) is 19.9 Å². The highest BCUT2D eigenvalue weighted by molar-refractivity contribution is 7.26. The predicted molar refractivity (Wildman–Crippen MR) is 197 cm³/mol. The van der Waals surface area contributed by atoms with Crippen LogP contribution in [0.15, 0.2) is 146 Å². The van der Waals surface area contributed by atoms with Gasteiger partial charge in [0.2, 0.25) is 0 Å². The molecule has 0 atom stereocenters. The molecule has 0 N–H and O–H groups in total. The van der Waals surface area contributed by atoms with Gasteiger partial charge in [-0.25, -0.2) is 15.0 Å². The summed E-state index contributed by atoms with van der Waals surface area (Å²) in [6, 6.07) is 47.1. The van der Waals surface area contributed by atoms with E-state index >= 15 is 0 Å². The van der Waals surface area contributed by atoms with Crippen LogP contribution in [0.5, 0.6) is 0 Å². The summed E-state index contributed by atoms with van der Waals surface area (Å²) in [6.45, 7) is 0. The molecule has 5 heteroatoms. The molecule has 0 unspecified atom stereocenters. The molecule has 7 aromatic carbocycles. The van der Waals surface area contributed by atoms with E-state index < -0.39 is 0 Å². The fraction of sp³-hybridized carbons (Fsp3) is 0. The summed E-state index contributed by atoms with van der Waals surface area (Å²) in [7, 11) is 0. The molecule has 0 bridgehead atoms. The number of thiophene rings is 1. The molecule has 10 aromatic rings. The SMILES string of the molecule is c1ccc2cc(-c3nc(-c4ccc5ccc6c7cnccc7sc6c5c4)nc(-c4cc5ccccc5c5ccccc45)n3)ccc2c1. The van der Waals surface area contributed by atoms with Crippen LogP contribution in [0.4, 0.5) is 0 Å². The van der Waals surface area contributed by atoms with Crippen molar-refractivity contribution >= 4 is 74.6 Å². The molecule has 0 radical (unpaired) electrons. The average Bonchev–Trinajstić information content (AvgIpc) is 3.53. The number of nitrogens with zero attached hydrogens (tertiary/aromatic N) is 4. The molecule has 3 aromatic heterocycles. The maximum atomic E-state index is 5.22. The van der Waals surface area contributed by atoms with Gasteiger partial charge in [0, 0.05) is 54.6 Å². The zero-order chi connectivity index (χ0) is 30.9. The summed E-state index contributed by atoms with van der Waals surface area (Å²) < 4.78 is 2.48. The van der Waals surface area contributed by atoms with Gasteiger partial charge in [-0.15, -0.1) is 11.3 Å². The maximum Gasteiger partial charge on any atom is 0.164 e. The number of benzene rings is 7. The molecule has 0 amide bonds. The van der Waals surface area contributed by atoms with Gasteiger partial charge in [-0.05, 0) is 62.0 Å². The lowest BCUT2D eigenvalue weighted by Gasteiger charge is -2.13. The lowest BCUT2D eigenvalue weighted by atomic mass is 9.96. The smallest absolute Gasteiger partial charge is 0.164 e. The van der Waals surface area contributed by atoms with Gasteiger partial charge in [-0.3, -0.25) is 4.98 Å². The fourth-order valence-corrected chi connectivity index (χ4v) is 8.05. The Balaban J connectivity index is 1.25. The van der Waals surface area contributed by atoms with Crippen LogP contribution in [0.2, 0.25) is 0 Å². The standard InChI is InChI=1S/C42H24N4S/c1-2-8-27-21-29(15-13-25(27)7-1)40-44-41(30-16-14-26-17-18-34-37-24-43-20-19-38(37)47-39(34)35(26)23-30)46-42(45-40)36-22-28-9-3-4-10-31(28)32-11-5-6-12-33(32)36/h1-24H. The second-order valence-electron chi connectivity index (χ2n) is 11.9. The number of rotatable bonds is 3. The lowest BCUT2D eigenvalue weighted by molar-refractivity contribution is 1.08. The van der Waals surface area contributed by atoms with Crippen LogP contribution in [0.1, 0.15) is 0 Å². The monoisotopic (exact) mass is 616 g/mol. The van der Waals surface area contributed by atoms with Gasteiger partial charge in [-0.2, -0.15) is 0 Å². The highest BCUT2D eigenvalue weighted by Gasteiger charge is 2.17. The van der Waals surface area contributed by atoms with Crippen LogP contribution in [0, 0.1) is 0 Å². The van der Waals surface area contributed by atoms with Gasteiger partial charge in [0.1, 0.15) is 0 Å². The summed E-state index contributed by atoms with van der Waals surface area (Å²) in [4.78, 5) is 19.9. The van der Waals surface area contributed by atoms with E-state index in [1.54, 1.807) is 11.3 Å². The Morgan fingerprint density at radius 1 is 0.404 bits per heavy atom. The van der Waals surface area contributed by atoms with E-state index in [2.05, 4.69) is 138 Å². The van der Waals surface area contributed by atoms with E-state index in [0.29, 0.717) is 17.5 Å². The van der Waals surface area contributed by atoms with E-state index in [0.717, 1.165) is 32.8 Å².